The van der Waals surface area contributed by atoms with Gasteiger partial charge in [-0.3, -0.25) is 14.5 Å². The molecule has 6 heteroatoms. The van der Waals surface area contributed by atoms with Gasteiger partial charge in [0, 0.05) is 5.69 Å². The Kier molecular flexibility index (Phi) is 5.85. The molecule has 2 amide bonds. The van der Waals surface area contributed by atoms with Crippen LogP contribution >= 0.6 is 24.0 Å². The molecule has 0 spiro atoms. The van der Waals surface area contributed by atoms with Crippen molar-refractivity contribution in [3.05, 3.63) is 70.6 Å². The van der Waals surface area contributed by atoms with Gasteiger partial charge < -0.3 is 5.32 Å². The van der Waals surface area contributed by atoms with E-state index in [0.29, 0.717) is 14.9 Å². The summed E-state index contributed by atoms with van der Waals surface area (Å²) in [6, 6.07) is 17.2. The molecule has 0 unspecified atom stereocenters. The number of aryl methyl sites for hydroxylation is 1. The maximum absolute atomic E-state index is 12.6. The summed E-state index contributed by atoms with van der Waals surface area (Å²) < 4.78 is 0.398. The molecule has 0 saturated carbocycles. The van der Waals surface area contributed by atoms with Crippen molar-refractivity contribution in [1.82, 2.24) is 4.90 Å². The SMILES string of the molecule is CCc1ccc(/C=C2\SC(=S)N(CC(=O)Nc3ccccc3)C2=O)cc1. The van der Waals surface area contributed by atoms with Crippen LogP contribution in [0.3, 0.4) is 0 Å². The summed E-state index contributed by atoms with van der Waals surface area (Å²) in [5.74, 6) is -0.510. The number of amides is 2. The minimum atomic E-state index is -0.277. The third-order valence-electron chi connectivity index (χ3n) is 3.92. The number of nitrogens with one attached hydrogen (secondary N) is 1. The summed E-state index contributed by atoms with van der Waals surface area (Å²) in [7, 11) is 0. The highest BCUT2D eigenvalue weighted by molar-refractivity contribution is 8.26. The zero-order chi connectivity index (χ0) is 18.5. The molecule has 26 heavy (non-hydrogen) atoms. The highest BCUT2D eigenvalue weighted by atomic mass is 32.2. The highest BCUT2D eigenvalue weighted by Gasteiger charge is 2.33. The lowest BCUT2D eigenvalue weighted by Crippen LogP contribution is -2.36. The van der Waals surface area contributed by atoms with E-state index < -0.39 is 0 Å². The van der Waals surface area contributed by atoms with Crippen LogP contribution in [-0.2, 0) is 16.0 Å². The zero-order valence-corrected chi connectivity index (χ0v) is 15.9. The number of rotatable bonds is 5. The average molecular weight is 383 g/mol. The summed E-state index contributed by atoms with van der Waals surface area (Å²) in [5.41, 5.74) is 2.87. The van der Waals surface area contributed by atoms with Crippen molar-refractivity contribution in [1.29, 1.82) is 0 Å². The molecule has 1 aliphatic rings. The number of para-hydroxylation sites is 1. The van der Waals surface area contributed by atoms with E-state index in [2.05, 4.69) is 12.2 Å². The van der Waals surface area contributed by atoms with Crippen LogP contribution in [0.25, 0.3) is 6.08 Å². The van der Waals surface area contributed by atoms with Crippen LogP contribution in [0.15, 0.2) is 59.5 Å². The van der Waals surface area contributed by atoms with E-state index in [1.54, 1.807) is 12.1 Å². The largest absolute Gasteiger partial charge is 0.325 e. The molecule has 0 bridgehead atoms. The lowest BCUT2D eigenvalue weighted by atomic mass is 10.1. The average Bonchev–Trinajstić information content (AvgIpc) is 2.90. The number of nitrogens with zero attached hydrogens (tertiary/aromatic N) is 1. The number of hydrogen-bond acceptors (Lipinski definition) is 4. The van der Waals surface area contributed by atoms with Crippen molar-refractivity contribution in [2.24, 2.45) is 0 Å². The van der Waals surface area contributed by atoms with Gasteiger partial charge in [-0.05, 0) is 35.8 Å². The zero-order valence-electron chi connectivity index (χ0n) is 14.3. The third kappa shape index (κ3) is 4.39. The van der Waals surface area contributed by atoms with Crippen molar-refractivity contribution < 1.29 is 9.59 Å². The van der Waals surface area contributed by atoms with Gasteiger partial charge in [0.15, 0.2) is 0 Å². The lowest BCUT2D eigenvalue weighted by molar-refractivity contribution is -0.126. The molecule has 0 radical (unpaired) electrons. The fourth-order valence-electron chi connectivity index (χ4n) is 2.50. The number of carbonyl (C=O) groups is 2. The molecular weight excluding hydrogens is 364 g/mol. The molecule has 4 nitrogen and oxygen atoms in total. The van der Waals surface area contributed by atoms with Crippen LogP contribution in [0.5, 0.6) is 0 Å². The fraction of sp³-hybridized carbons (Fsp3) is 0.150. The van der Waals surface area contributed by atoms with E-state index in [4.69, 9.17) is 12.2 Å². The maximum atomic E-state index is 12.6. The van der Waals surface area contributed by atoms with Gasteiger partial charge >= 0.3 is 0 Å². The standard InChI is InChI=1S/C20H18N2O2S2/c1-2-14-8-10-15(11-9-14)12-17-19(24)22(20(25)26-17)13-18(23)21-16-6-4-3-5-7-16/h3-12H,2,13H2,1H3,(H,21,23)/b17-12-. The Morgan fingerprint density at radius 1 is 1.15 bits per heavy atom. The minimum Gasteiger partial charge on any atom is -0.325 e. The molecular formula is C20H18N2O2S2. The van der Waals surface area contributed by atoms with Gasteiger partial charge in [0.2, 0.25) is 5.91 Å². The summed E-state index contributed by atoms with van der Waals surface area (Å²) in [6.07, 6.45) is 2.78. The number of anilines is 1. The van der Waals surface area contributed by atoms with E-state index in [9.17, 15) is 9.59 Å². The molecule has 1 heterocycles. The van der Waals surface area contributed by atoms with Crippen LogP contribution in [0.2, 0.25) is 0 Å². The van der Waals surface area contributed by atoms with Gasteiger partial charge in [0.05, 0.1) is 4.91 Å². The Hall–Kier alpha value is -2.44. The highest BCUT2D eigenvalue weighted by Crippen LogP contribution is 2.32. The van der Waals surface area contributed by atoms with Crippen molar-refractivity contribution in [2.75, 3.05) is 11.9 Å². The summed E-state index contributed by atoms with van der Waals surface area (Å²) in [6.45, 7) is 2.01. The Bertz CT molecular complexity index is 861. The fourth-order valence-corrected chi connectivity index (χ4v) is 3.76. The van der Waals surface area contributed by atoms with E-state index in [1.807, 2.05) is 48.5 Å². The first kappa shape index (κ1) is 18.4. The minimum absolute atomic E-state index is 0.0916. The molecule has 1 fully saturated rings. The first-order chi connectivity index (χ1) is 12.6. The Balaban J connectivity index is 1.68. The van der Waals surface area contributed by atoms with Gasteiger partial charge in [0.1, 0.15) is 10.9 Å². The third-order valence-corrected chi connectivity index (χ3v) is 5.30. The Morgan fingerprint density at radius 3 is 2.50 bits per heavy atom. The molecule has 132 valence electrons. The number of thiocarbonyl (C=S) groups is 1. The van der Waals surface area contributed by atoms with Crippen molar-refractivity contribution in [3.8, 4) is 0 Å². The molecule has 1 N–H and O–H groups in total. The second kappa shape index (κ2) is 8.29. The van der Waals surface area contributed by atoms with Gasteiger partial charge in [-0.2, -0.15) is 0 Å². The number of benzene rings is 2. The predicted molar refractivity (Wildman–Crippen MR) is 111 cm³/mol. The molecule has 0 atom stereocenters. The molecule has 0 aliphatic carbocycles. The normalized spacial score (nSPS) is 15.6. The van der Waals surface area contributed by atoms with E-state index in [1.165, 1.54) is 22.2 Å². The van der Waals surface area contributed by atoms with E-state index >= 15 is 0 Å². The van der Waals surface area contributed by atoms with Gasteiger partial charge in [0.25, 0.3) is 5.91 Å². The van der Waals surface area contributed by atoms with Crippen LogP contribution in [0.1, 0.15) is 18.1 Å². The molecule has 1 saturated heterocycles. The molecule has 0 aromatic heterocycles. The van der Waals surface area contributed by atoms with E-state index in [-0.39, 0.29) is 18.4 Å². The van der Waals surface area contributed by atoms with Crippen LogP contribution in [0, 0.1) is 0 Å². The quantitative estimate of drug-likeness (QED) is 0.625. The van der Waals surface area contributed by atoms with Crippen molar-refractivity contribution in [3.63, 3.8) is 0 Å². The van der Waals surface area contributed by atoms with Crippen LogP contribution in [0.4, 0.5) is 5.69 Å². The monoisotopic (exact) mass is 382 g/mol. The second-order valence-electron chi connectivity index (χ2n) is 5.78. The smallest absolute Gasteiger partial charge is 0.266 e. The first-order valence-electron chi connectivity index (χ1n) is 8.26. The summed E-state index contributed by atoms with van der Waals surface area (Å²) in [5, 5.41) is 2.77. The molecule has 2 aromatic rings. The first-order valence-corrected chi connectivity index (χ1v) is 9.48. The van der Waals surface area contributed by atoms with Crippen molar-refractivity contribution in [2.45, 2.75) is 13.3 Å². The molecule has 2 aromatic carbocycles. The summed E-state index contributed by atoms with van der Waals surface area (Å²) in [4.78, 5) is 26.7. The van der Waals surface area contributed by atoms with Crippen LogP contribution < -0.4 is 5.32 Å². The number of carbonyl (C=O) groups excluding carboxylic acids is 2. The Morgan fingerprint density at radius 2 is 1.85 bits per heavy atom. The van der Waals surface area contributed by atoms with Gasteiger partial charge in [-0.1, -0.05) is 73.4 Å². The summed E-state index contributed by atoms with van der Waals surface area (Å²) >= 11 is 6.50. The number of hydrogen-bond donors (Lipinski definition) is 1. The topological polar surface area (TPSA) is 49.4 Å². The van der Waals surface area contributed by atoms with Crippen LogP contribution in [-0.4, -0.2) is 27.6 Å². The maximum Gasteiger partial charge on any atom is 0.266 e. The molecule has 3 rings (SSSR count). The Labute approximate surface area is 162 Å². The molecule has 1 aliphatic heterocycles. The lowest BCUT2D eigenvalue weighted by Gasteiger charge is -2.14. The van der Waals surface area contributed by atoms with Gasteiger partial charge in [-0.25, -0.2) is 0 Å². The predicted octanol–water partition coefficient (Wildman–Crippen LogP) is 4.09. The van der Waals surface area contributed by atoms with Gasteiger partial charge in [-0.15, -0.1) is 0 Å². The number of thioether (sulfide) groups is 1. The van der Waals surface area contributed by atoms with Crippen molar-refractivity contribution >= 4 is 51.9 Å². The second-order valence-corrected chi connectivity index (χ2v) is 7.45. The van der Waals surface area contributed by atoms with E-state index in [0.717, 1.165) is 12.0 Å².